The molecule has 7 heteroatoms. The van der Waals surface area contributed by atoms with Gasteiger partial charge in [-0.2, -0.15) is 0 Å². The van der Waals surface area contributed by atoms with Crippen molar-refractivity contribution >= 4 is 33.1 Å². The highest BCUT2D eigenvalue weighted by Crippen LogP contribution is 2.40. The summed E-state index contributed by atoms with van der Waals surface area (Å²) in [6.07, 6.45) is 3.82. The van der Waals surface area contributed by atoms with E-state index < -0.39 is 5.91 Å². The van der Waals surface area contributed by atoms with Crippen LogP contribution in [0.5, 0.6) is 11.5 Å². The molecule has 4 aromatic rings. The van der Waals surface area contributed by atoms with Crippen molar-refractivity contribution in [2.75, 3.05) is 26.2 Å². The Balaban J connectivity index is 1.42. The number of rotatable bonds is 8. The van der Waals surface area contributed by atoms with Gasteiger partial charge in [0.2, 0.25) is 5.91 Å². The number of carbonyl (C=O) groups is 2. The van der Waals surface area contributed by atoms with Crippen LogP contribution in [0.3, 0.4) is 0 Å². The molecule has 0 unspecified atom stereocenters. The number of phenolic OH excluding ortho intramolecular Hbond substituents is 1. The van der Waals surface area contributed by atoms with Crippen LogP contribution >= 0.6 is 11.3 Å². The van der Waals surface area contributed by atoms with E-state index in [9.17, 15) is 14.7 Å². The molecule has 1 amide bonds. The van der Waals surface area contributed by atoms with Crippen LogP contribution < -0.4 is 10.5 Å². The van der Waals surface area contributed by atoms with Crippen LogP contribution in [0.2, 0.25) is 0 Å². The molecule has 0 spiro atoms. The number of fused-ring (bicyclic) bond motifs is 1. The largest absolute Gasteiger partial charge is 0.508 e. The molecule has 0 atom stereocenters. The van der Waals surface area contributed by atoms with Crippen molar-refractivity contribution in [2.24, 2.45) is 5.73 Å². The number of nitrogens with two attached hydrogens (primary N) is 1. The van der Waals surface area contributed by atoms with Gasteiger partial charge in [-0.15, -0.1) is 11.3 Å². The molecule has 1 fully saturated rings. The third-order valence-corrected chi connectivity index (χ3v) is 7.77. The number of carbonyl (C=O) groups excluding carboxylic acids is 2. The molecule has 5 rings (SSSR count). The molecule has 1 aliphatic heterocycles. The smallest absolute Gasteiger partial charge is 0.248 e. The number of aromatic hydroxyl groups is 1. The van der Waals surface area contributed by atoms with E-state index in [-0.39, 0.29) is 11.5 Å². The maximum atomic E-state index is 13.8. The average molecular weight is 501 g/mol. The number of ether oxygens (including phenoxy) is 1. The second-order valence-corrected chi connectivity index (χ2v) is 10.1. The summed E-state index contributed by atoms with van der Waals surface area (Å²) >= 11 is 1.43. The van der Waals surface area contributed by atoms with Gasteiger partial charge in [0.15, 0.2) is 5.78 Å². The van der Waals surface area contributed by atoms with Gasteiger partial charge in [0.05, 0.1) is 0 Å². The fourth-order valence-corrected chi connectivity index (χ4v) is 5.86. The van der Waals surface area contributed by atoms with Gasteiger partial charge >= 0.3 is 0 Å². The van der Waals surface area contributed by atoms with Crippen LogP contribution in [-0.2, 0) is 0 Å². The molecule has 36 heavy (non-hydrogen) atoms. The zero-order valence-electron chi connectivity index (χ0n) is 19.9. The van der Waals surface area contributed by atoms with Crippen LogP contribution in [0.15, 0.2) is 66.7 Å². The van der Waals surface area contributed by atoms with E-state index in [0.29, 0.717) is 23.3 Å². The summed E-state index contributed by atoms with van der Waals surface area (Å²) in [6.45, 7) is 3.80. The van der Waals surface area contributed by atoms with E-state index in [0.717, 1.165) is 45.9 Å². The van der Waals surface area contributed by atoms with Gasteiger partial charge in [-0.25, -0.2) is 0 Å². The maximum Gasteiger partial charge on any atom is 0.248 e. The summed E-state index contributed by atoms with van der Waals surface area (Å²) in [5.41, 5.74) is 7.80. The Labute approximate surface area is 213 Å². The Morgan fingerprint density at radius 3 is 2.31 bits per heavy atom. The number of ketones is 1. The molecule has 0 bridgehead atoms. The Morgan fingerprint density at radius 1 is 0.917 bits per heavy atom. The second kappa shape index (κ2) is 10.5. The number of piperidine rings is 1. The molecule has 0 radical (unpaired) electrons. The molecule has 184 valence electrons. The third-order valence-electron chi connectivity index (χ3n) is 6.57. The lowest BCUT2D eigenvalue weighted by molar-refractivity contribution is 0.0999. The zero-order valence-corrected chi connectivity index (χ0v) is 20.7. The van der Waals surface area contributed by atoms with E-state index in [4.69, 9.17) is 10.5 Å². The molecule has 1 aliphatic rings. The standard InChI is InChI=1S/C29H28N2O4S/c30-29(34)21-8-13-24-25(18-21)36-28(20-4-9-22(32)10-5-20)26(24)27(33)19-6-11-23(12-7-19)35-17-16-31-14-2-1-3-15-31/h4-13,18,32H,1-3,14-17H2,(H2,30,34). The first-order valence-corrected chi connectivity index (χ1v) is 13.0. The zero-order chi connectivity index (χ0) is 25.1. The van der Waals surface area contributed by atoms with Gasteiger partial charge in [0.1, 0.15) is 18.1 Å². The summed E-state index contributed by atoms with van der Waals surface area (Å²) in [5.74, 6) is 0.263. The number of hydrogen-bond donors (Lipinski definition) is 2. The maximum absolute atomic E-state index is 13.8. The molecule has 1 aromatic heterocycles. The third kappa shape index (κ3) is 5.12. The van der Waals surface area contributed by atoms with E-state index in [1.165, 1.54) is 30.6 Å². The first-order chi connectivity index (χ1) is 17.5. The van der Waals surface area contributed by atoms with Gasteiger partial charge < -0.3 is 15.6 Å². The normalized spacial score (nSPS) is 14.1. The number of amides is 1. The number of likely N-dealkylation sites (tertiary alicyclic amines) is 1. The molecule has 3 aromatic carbocycles. The minimum Gasteiger partial charge on any atom is -0.508 e. The average Bonchev–Trinajstić information content (AvgIpc) is 3.28. The quantitative estimate of drug-likeness (QED) is 0.313. The van der Waals surface area contributed by atoms with E-state index in [2.05, 4.69) is 4.90 Å². The molecule has 2 heterocycles. The second-order valence-electron chi connectivity index (χ2n) is 9.03. The summed E-state index contributed by atoms with van der Waals surface area (Å²) in [7, 11) is 0. The van der Waals surface area contributed by atoms with E-state index in [1.54, 1.807) is 54.6 Å². The van der Waals surface area contributed by atoms with Crippen molar-refractivity contribution in [3.05, 3.63) is 83.4 Å². The minimum absolute atomic E-state index is 0.115. The predicted octanol–water partition coefficient (Wildman–Crippen LogP) is 5.47. The highest BCUT2D eigenvalue weighted by molar-refractivity contribution is 7.22. The molecule has 1 saturated heterocycles. The number of thiophene rings is 1. The fraction of sp³-hybridized carbons (Fsp3) is 0.241. The van der Waals surface area contributed by atoms with Crippen molar-refractivity contribution in [3.8, 4) is 21.9 Å². The van der Waals surface area contributed by atoms with Gasteiger partial charge in [0, 0.05) is 38.2 Å². The fourth-order valence-electron chi connectivity index (χ4n) is 4.61. The molecule has 0 aliphatic carbocycles. The first-order valence-electron chi connectivity index (χ1n) is 12.2. The topological polar surface area (TPSA) is 92.9 Å². The Morgan fingerprint density at radius 2 is 1.61 bits per heavy atom. The van der Waals surface area contributed by atoms with Crippen molar-refractivity contribution < 1.29 is 19.4 Å². The number of phenols is 1. The van der Waals surface area contributed by atoms with E-state index >= 15 is 0 Å². The number of nitrogens with zero attached hydrogens (tertiary/aromatic N) is 1. The van der Waals surface area contributed by atoms with Crippen molar-refractivity contribution in [3.63, 3.8) is 0 Å². The summed E-state index contributed by atoms with van der Waals surface area (Å²) < 4.78 is 6.73. The van der Waals surface area contributed by atoms with Crippen molar-refractivity contribution in [1.29, 1.82) is 0 Å². The van der Waals surface area contributed by atoms with Gasteiger partial charge in [-0.3, -0.25) is 14.5 Å². The van der Waals surface area contributed by atoms with Crippen LogP contribution in [0.4, 0.5) is 0 Å². The first kappa shape index (κ1) is 24.0. The highest BCUT2D eigenvalue weighted by atomic mass is 32.1. The molecule has 6 nitrogen and oxygen atoms in total. The van der Waals surface area contributed by atoms with E-state index in [1.807, 2.05) is 12.1 Å². The van der Waals surface area contributed by atoms with Crippen molar-refractivity contribution in [2.45, 2.75) is 19.3 Å². The molecular formula is C29H28N2O4S. The number of primary amides is 1. The van der Waals surface area contributed by atoms with Gasteiger partial charge in [-0.05, 0) is 92.2 Å². The monoisotopic (exact) mass is 500 g/mol. The van der Waals surface area contributed by atoms with Crippen LogP contribution in [0.1, 0.15) is 45.5 Å². The Bertz CT molecular complexity index is 1390. The minimum atomic E-state index is -0.514. The molecular weight excluding hydrogens is 472 g/mol. The summed E-state index contributed by atoms with van der Waals surface area (Å²) in [6, 6.07) is 19.2. The van der Waals surface area contributed by atoms with Crippen LogP contribution in [0.25, 0.3) is 20.5 Å². The SMILES string of the molecule is NC(=O)c1ccc2c(C(=O)c3ccc(OCCN4CCCCC4)cc3)c(-c3ccc(O)cc3)sc2c1. The lowest BCUT2D eigenvalue weighted by Crippen LogP contribution is -2.33. The molecule has 3 N–H and O–H groups in total. The van der Waals surface area contributed by atoms with Crippen LogP contribution in [-0.4, -0.2) is 47.9 Å². The van der Waals surface area contributed by atoms with Gasteiger partial charge in [-0.1, -0.05) is 12.5 Å². The summed E-state index contributed by atoms with van der Waals surface area (Å²) in [4.78, 5) is 28.7. The lowest BCUT2D eigenvalue weighted by atomic mass is 9.97. The lowest BCUT2D eigenvalue weighted by Gasteiger charge is -2.26. The predicted molar refractivity (Wildman–Crippen MR) is 143 cm³/mol. The molecule has 0 saturated carbocycles. The Kier molecular flexibility index (Phi) is 7.02. The Hall–Kier alpha value is -3.68. The number of hydrogen-bond acceptors (Lipinski definition) is 6. The number of benzene rings is 3. The summed E-state index contributed by atoms with van der Waals surface area (Å²) in [5, 5.41) is 10.5. The highest BCUT2D eigenvalue weighted by Gasteiger charge is 2.22. The van der Waals surface area contributed by atoms with Crippen molar-refractivity contribution in [1.82, 2.24) is 4.90 Å². The van der Waals surface area contributed by atoms with Gasteiger partial charge in [0.25, 0.3) is 0 Å². The van der Waals surface area contributed by atoms with Crippen LogP contribution in [0, 0.1) is 0 Å².